The predicted octanol–water partition coefficient (Wildman–Crippen LogP) is 4.98. The number of amides is 1. The Morgan fingerprint density at radius 1 is 1.19 bits per heavy atom. The topological polar surface area (TPSA) is 73.6 Å². The molecule has 2 aromatic heterocycles. The van der Waals surface area contributed by atoms with Crippen molar-refractivity contribution in [2.24, 2.45) is 0 Å². The van der Waals surface area contributed by atoms with E-state index in [1.807, 2.05) is 61.0 Å². The Hall–Kier alpha value is -4.11. The van der Waals surface area contributed by atoms with Crippen LogP contribution in [0.3, 0.4) is 0 Å². The average Bonchev–Trinajstić information content (AvgIpc) is 3.33. The second-order valence-electron chi connectivity index (χ2n) is 7.67. The number of benzene rings is 2. The number of nitrogens with zero attached hydrogens (tertiary/aromatic N) is 2. The van der Waals surface area contributed by atoms with Gasteiger partial charge in [-0.05, 0) is 73.9 Å². The van der Waals surface area contributed by atoms with Gasteiger partial charge in [-0.15, -0.1) is 0 Å². The maximum atomic E-state index is 13.3. The summed E-state index contributed by atoms with van der Waals surface area (Å²) in [6, 6.07) is 18.1. The van der Waals surface area contributed by atoms with Crippen LogP contribution in [0, 0.1) is 31.0 Å². The Labute approximate surface area is 185 Å². The molecule has 0 atom stereocenters. The molecule has 1 amide bonds. The minimum Gasteiger partial charge on any atom is -0.361 e. The number of halogens is 1. The summed E-state index contributed by atoms with van der Waals surface area (Å²) >= 11 is 0. The molecule has 0 spiro atoms. The van der Waals surface area contributed by atoms with Crippen molar-refractivity contribution in [2.75, 3.05) is 6.54 Å². The largest absolute Gasteiger partial charge is 0.361 e. The van der Waals surface area contributed by atoms with E-state index in [1.165, 1.54) is 12.1 Å². The van der Waals surface area contributed by atoms with Gasteiger partial charge in [0.1, 0.15) is 17.5 Å². The maximum absolute atomic E-state index is 13.3. The Bertz CT molecular complexity index is 1350. The molecule has 0 unspecified atom stereocenters. The molecule has 0 bridgehead atoms. The molecule has 4 rings (SSSR count). The van der Waals surface area contributed by atoms with Crippen LogP contribution in [0.1, 0.15) is 22.5 Å². The summed E-state index contributed by atoms with van der Waals surface area (Å²) in [5, 5.41) is 13.5. The first kappa shape index (κ1) is 21.1. The third-order valence-electron chi connectivity index (χ3n) is 5.57. The van der Waals surface area contributed by atoms with Gasteiger partial charge in [0.25, 0.3) is 5.91 Å². The molecule has 0 saturated carbocycles. The second kappa shape index (κ2) is 8.94. The van der Waals surface area contributed by atoms with Crippen LogP contribution in [-0.2, 0) is 11.2 Å². The predicted molar refractivity (Wildman–Crippen MR) is 124 cm³/mol. The van der Waals surface area contributed by atoms with Crippen molar-refractivity contribution in [3.05, 3.63) is 94.7 Å². The zero-order chi connectivity index (χ0) is 22.7. The zero-order valence-corrected chi connectivity index (χ0v) is 17.9. The molecule has 32 heavy (non-hydrogen) atoms. The number of nitriles is 1. The summed E-state index contributed by atoms with van der Waals surface area (Å²) in [6.45, 7) is 4.27. The van der Waals surface area contributed by atoms with Gasteiger partial charge in [-0.1, -0.05) is 18.2 Å². The van der Waals surface area contributed by atoms with Crippen LogP contribution >= 0.6 is 0 Å². The van der Waals surface area contributed by atoms with Crippen molar-refractivity contribution >= 4 is 22.9 Å². The first-order valence-electron chi connectivity index (χ1n) is 10.4. The summed E-state index contributed by atoms with van der Waals surface area (Å²) in [4.78, 5) is 15.8. The van der Waals surface area contributed by atoms with Gasteiger partial charge in [0, 0.05) is 40.7 Å². The molecule has 0 radical (unpaired) electrons. The number of aromatic amines is 1. The lowest BCUT2D eigenvalue weighted by Gasteiger charge is -2.09. The highest BCUT2D eigenvalue weighted by Gasteiger charge is 2.14. The molecule has 2 aromatic carbocycles. The molecule has 0 aliphatic carbocycles. The molecule has 4 aromatic rings. The van der Waals surface area contributed by atoms with E-state index in [1.54, 1.807) is 18.2 Å². The van der Waals surface area contributed by atoms with Gasteiger partial charge in [-0.25, -0.2) is 4.39 Å². The van der Waals surface area contributed by atoms with Crippen molar-refractivity contribution in [3.8, 4) is 11.8 Å². The van der Waals surface area contributed by atoms with Crippen LogP contribution in [0.4, 0.5) is 4.39 Å². The highest BCUT2D eigenvalue weighted by molar-refractivity contribution is 6.01. The minimum atomic E-state index is -0.404. The van der Waals surface area contributed by atoms with E-state index in [4.69, 9.17) is 0 Å². The lowest BCUT2D eigenvalue weighted by atomic mass is 10.1. The first-order chi connectivity index (χ1) is 15.5. The molecule has 0 saturated heterocycles. The smallest absolute Gasteiger partial charge is 0.261 e. The van der Waals surface area contributed by atoms with Crippen molar-refractivity contribution in [1.29, 1.82) is 5.26 Å². The molecule has 0 fully saturated rings. The van der Waals surface area contributed by atoms with Crippen LogP contribution in [0.2, 0.25) is 0 Å². The fourth-order valence-corrected chi connectivity index (χ4v) is 3.97. The summed E-state index contributed by atoms with van der Waals surface area (Å²) in [7, 11) is 0. The second-order valence-corrected chi connectivity index (χ2v) is 7.67. The summed E-state index contributed by atoms with van der Waals surface area (Å²) in [6.07, 6.45) is 4.21. The van der Waals surface area contributed by atoms with E-state index in [-0.39, 0.29) is 11.4 Å². The fraction of sp³-hybridized carbons (Fsp3) is 0.154. The van der Waals surface area contributed by atoms with Gasteiger partial charge >= 0.3 is 0 Å². The van der Waals surface area contributed by atoms with Crippen LogP contribution in [0.5, 0.6) is 0 Å². The van der Waals surface area contributed by atoms with Gasteiger partial charge in [-0.2, -0.15) is 5.26 Å². The molecule has 2 N–H and O–H groups in total. The summed E-state index contributed by atoms with van der Waals surface area (Å²) in [5.74, 6) is -0.702. The van der Waals surface area contributed by atoms with E-state index in [9.17, 15) is 14.4 Å². The summed E-state index contributed by atoms with van der Waals surface area (Å²) in [5.41, 5.74) is 5.61. The van der Waals surface area contributed by atoms with Crippen molar-refractivity contribution in [2.45, 2.75) is 20.3 Å². The maximum Gasteiger partial charge on any atom is 0.261 e. The van der Waals surface area contributed by atoms with E-state index in [0.29, 0.717) is 13.0 Å². The van der Waals surface area contributed by atoms with Gasteiger partial charge in [-0.3, -0.25) is 4.79 Å². The Morgan fingerprint density at radius 3 is 2.69 bits per heavy atom. The number of hydrogen-bond donors (Lipinski definition) is 2. The number of aryl methyl sites for hydroxylation is 1. The van der Waals surface area contributed by atoms with E-state index < -0.39 is 5.91 Å². The number of para-hydroxylation sites is 1. The molecular weight excluding hydrogens is 403 g/mol. The molecule has 5 nitrogen and oxygen atoms in total. The van der Waals surface area contributed by atoms with Crippen molar-refractivity contribution in [1.82, 2.24) is 14.9 Å². The minimum absolute atomic E-state index is 0.0447. The van der Waals surface area contributed by atoms with E-state index in [2.05, 4.69) is 10.3 Å². The van der Waals surface area contributed by atoms with Gasteiger partial charge in [0.15, 0.2) is 0 Å². The SMILES string of the molecule is Cc1cc(/C=C(/C#N)C(=O)NCCc2c[nH]c3ccccc23)c(C)n1-c1ccc(F)cc1. The van der Waals surface area contributed by atoms with E-state index in [0.717, 1.165) is 39.1 Å². The normalized spacial score (nSPS) is 11.5. The number of hydrogen-bond acceptors (Lipinski definition) is 2. The van der Waals surface area contributed by atoms with Crippen LogP contribution in [0.15, 0.2) is 66.4 Å². The highest BCUT2D eigenvalue weighted by Crippen LogP contribution is 2.23. The lowest BCUT2D eigenvalue weighted by Crippen LogP contribution is -2.26. The first-order valence-corrected chi connectivity index (χ1v) is 10.4. The lowest BCUT2D eigenvalue weighted by molar-refractivity contribution is -0.117. The number of H-pyrrole nitrogens is 1. The van der Waals surface area contributed by atoms with Gasteiger partial charge in [0.2, 0.25) is 0 Å². The fourth-order valence-electron chi connectivity index (χ4n) is 3.97. The number of aromatic nitrogens is 2. The summed E-state index contributed by atoms with van der Waals surface area (Å²) < 4.78 is 15.3. The Morgan fingerprint density at radius 2 is 1.94 bits per heavy atom. The van der Waals surface area contributed by atoms with Crippen LogP contribution in [0.25, 0.3) is 22.7 Å². The van der Waals surface area contributed by atoms with Gasteiger partial charge in [0.05, 0.1) is 0 Å². The Balaban J connectivity index is 1.49. The molecule has 160 valence electrons. The monoisotopic (exact) mass is 426 g/mol. The Kier molecular flexibility index (Phi) is 5.91. The third kappa shape index (κ3) is 4.19. The zero-order valence-electron chi connectivity index (χ0n) is 17.9. The highest BCUT2D eigenvalue weighted by atomic mass is 19.1. The molecule has 0 aliphatic rings. The molecular formula is C26H23FN4O. The number of fused-ring (bicyclic) bond motifs is 1. The average molecular weight is 426 g/mol. The third-order valence-corrected chi connectivity index (χ3v) is 5.57. The van der Waals surface area contributed by atoms with Crippen molar-refractivity contribution < 1.29 is 9.18 Å². The number of carbonyl (C=O) groups excluding carboxylic acids is 1. The van der Waals surface area contributed by atoms with Gasteiger partial charge < -0.3 is 14.9 Å². The standard InChI is InChI=1S/C26H23FN4O/c1-17-13-20(18(2)31(17)23-9-7-22(27)8-10-23)14-21(15-28)26(32)29-12-11-19-16-30-25-6-4-3-5-24(19)25/h3-10,13-14,16,30H,11-12H2,1-2H3,(H,29,32)/b21-14-. The number of rotatable bonds is 6. The van der Waals surface area contributed by atoms with E-state index >= 15 is 0 Å². The quantitative estimate of drug-likeness (QED) is 0.337. The van der Waals surface area contributed by atoms with Crippen LogP contribution < -0.4 is 5.32 Å². The number of nitrogens with one attached hydrogen (secondary N) is 2. The van der Waals surface area contributed by atoms with Crippen LogP contribution in [-0.4, -0.2) is 22.0 Å². The molecule has 6 heteroatoms. The van der Waals surface area contributed by atoms with Crippen molar-refractivity contribution in [3.63, 3.8) is 0 Å². The molecule has 0 aliphatic heterocycles. The molecule has 2 heterocycles. The number of carbonyl (C=O) groups is 1.